The lowest BCUT2D eigenvalue weighted by molar-refractivity contribution is -0.115. The van der Waals surface area contributed by atoms with E-state index < -0.39 is 0 Å². The van der Waals surface area contributed by atoms with Crippen molar-refractivity contribution < 1.29 is 4.79 Å². The minimum atomic E-state index is -0.276. The molecule has 15 heavy (non-hydrogen) atoms. The van der Waals surface area contributed by atoms with E-state index in [1.807, 2.05) is 26.0 Å². The van der Waals surface area contributed by atoms with Crippen molar-refractivity contribution in [3.05, 3.63) is 30.1 Å². The van der Waals surface area contributed by atoms with Crippen molar-refractivity contribution in [2.24, 2.45) is 10.7 Å². The van der Waals surface area contributed by atoms with E-state index in [4.69, 9.17) is 5.73 Å². The number of hydrogen-bond acceptors (Lipinski definition) is 2. The van der Waals surface area contributed by atoms with Crippen molar-refractivity contribution in [1.82, 2.24) is 4.98 Å². The Hall–Kier alpha value is -1.71. The number of nitrogens with two attached hydrogens (primary N) is 1. The van der Waals surface area contributed by atoms with Crippen LogP contribution < -0.4 is 5.73 Å². The van der Waals surface area contributed by atoms with Gasteiger partial charge in [-0.2, -0.15) is 0 Å². The van der Waals surface area contributed by atoms with Crippen molar-refractivity contribution in [1.29, 1.82) is 0 Å². The largest absolute Gasteiger partial charge is 0.387 e. The van der Waals surface area contributed by atoms with Crippen molar-refractivity contribution in [2.45, 2.75) is 27.2 Å². The first-order chi connectivity index (χ1) is 7.18. The van der Waals surface area contributed by atoms with Gasteiger partial charge in [-0.1, -0.05) is 19.9 Å². The lowest BCUT2D eigenvalue weighted by atomic mass is 10.2. The molecule has 0 aromatic carbocycles. The van der Waals surface area contributed by atoms with Gasteiger partial charge in [0.1, 0.15) is 5.84 Å². The van der Waals surface area contributed by atoms with E-state index >= 15 is 0 Å². The van der Waals surface area contributed by atoms with Gasteiger partial charge in [0.05, 0.1) is 0 Å². The van der Waals surface area contributed by atoms with E-state index in [1.165, 1.54) is 6.92 Å². The smallest absolute Gasteiger partial charge is 0.244 e. The van der Waals surface area contributed by atoms with Crippen molar-refractivity contribution in [3.8, 4) is 0 Å². The molecule has 1 rings (SSSR count). The Bertz CT molecular complexity index is 320. The molecule has 4 nitrogen and oxygen atoms in total. The molecule has 1 amide bonds. The van der Waals surface area contributed by atoms with Crippen LogP contribution in [-0.2, 0) is 11.2 Å². The molecule has 1 aromatic heterocycles. The third-order valence-corrected chi connectivity index (χ3v) is 1.41. The standard InChI is InChI=1S/C9H11N3O.C2H6/c1-7(13)12-9(10)5-8-3-2-4-11-6-8;1-2/h2-4,6H,5H2,1H3,(H2,10,12,13);1-2H3. The second kappa shape index (κ2) is 7.67. The predicted molar refractivity (Wildman–Crippen MR) is 61.6 cm³/mol. The van der Waals surface area contributed by atoms with E-state index in [-0.39, 0.29) is 5.91 Å². The Morgan fingerprint density at radius 3 is 2.67 bits per heavy atom. The number of rotatable bonds is 2. The highest BCUT2D eigenvalue weighted by Crippen LogP contribution is 1.96. The number of carbonyl (C=O) groups excluding carboxylic acids is 1. The van der Waals surface area contributed by atoms with E-state index in [2.05, 4.69) is 9.98 Å². The average Bonchev–Trinajstić information content (AvgIpc) is 2.21. The number of aromatic nitrogens is 1. The summed E-state index contributed by atoms with van der Waals surface area (Å²) in [6, 6.07) is 3.70. The molecule has 0 aliphatic rings. The van der Waals surface area contributed by atoms with Crippen molar-refractivity contribution in [3.63, 3.8) is 0 Å². The number of amides is 1. The summed E-state index contributed by atoms with van der Waals surface area (Å²) < 4.78 is 0. The number of hydrogen-bond donors (Lipinski definition) is 1. The highest BCUT2D eigenvalue weighted by molar-refractivity contribution is 5.93. The van der Waals surface area contributed by atoms with Crippen LogP contribution in [0.15, 0.2) is 29.5 Å². The molecule has 0 fully saturated rings. The van der Waals surface area contributed by atoms with Crippen LogP contribution in [0, 0.1) is 0 Å². The Labute approximate surface area is 90.2 Å². The van der Waals surface area contributed by atoms with Gasteiger partial charge >= 0.3 is 0 Å². The summed E-state index contributed by atoms with van der Waals surface area (Å²) in [5.41, 5.74) is 6.46. The highest BCUT2D eigenvalue weighted by Gasteiger charge is 1.97. The highest BCUT2D eigenvalue weighted by atomic mass is 16.1. The molecule has 0 bridgehead atoms. The van der Waals surface area contributed by atoms with E-state index in [0.29, 0.717) is 12.3 Å². The van der Waals surface area contributed by atoms with Gasteiger partial charge in [0, 0.05) is 25.7 Å². The van der Waals surface area contributed by atoms with Crippen LogP contribution in [0.4, 0.5) is 0 Å². The maximum atomic E-state index is 10.6. The molecule has 4 heteroatoms. The average molecular weight is 207 g/mol. The Morgan fingerprint density at radius 1 is 1.53 bits per heavy atom. The summed E-state index contributed by atoms with van der Waals surface area (Å²) in [7, 11) is 0. The molecule has 0 aliphatic carbocycles. The molecule has 2 N–H and O–H groups in total. The summed E-state index contributed by atoms with van der Waals surface area (Å²) in [5.74, 6) is 0.0434. The van der Waals surface area contributed by atoms with Crippen LogP contribution in [0.5, 0.6) is 0 Å². The van der Waals surface area contributed by atoms with Gasteiger partial charge in [-0.25, -0.2) is 4.99 Å². The Morgan fingerprint density at radius 2 is 2.20 bits per heavy atom. The van der Waals surface area contributed by atoms with E-state index in [9.17, 15) is 4.79 Å². The number of pyridine rings is 1. The number of aliphatic imine (C=N–C) groups is 1. The fraction of sp³-hybridized carbons (Fsp3) is 0.364. The maximum Gasteiger partial charge on any atom is 0.244 e. The van der Waals surface area contributed by atoms with Crippen LogP contribution >= 0.6 is 0 Å². The third-order valence-electron chi connectivity index (χ3n) is 1.41. The van der Waals surface area contributed by atoms with E-state index in [0.717, 1.165) is 5.56 Å². The minimum absolute atomic E-state index is 0.276. The SMILES string of the molecule is CC.CC(=O)N=C(N)Cc1cccnc1. The quantitative estimate of drug-likeness (QED) is 0.591. The van der Waals surface area contributed by atoms with Crippen molar-refractivity contribution >= 4 is 11.7 Å². The number of nitrogens with zero attached hydrogens (tertiary/aromatic N) is 2. The first kappa shape index (κ1) is 13.3. The Kier molecular flexibility index (Phi) is 6.80. The number of amidine groups is 1. The van der Waals surface area contributed by atoms with Gasteiger partial charge in [0.15, 0.2) is 0 Å². The van der Waals surface area contributed by atoms with Crippen LogP contribution in [0.25, 0.3) is 0 Å². The predicted octanol–water partition coefficient (Wildman–Crippen LogP) is 1.55. The molecule has 0 saturated heterocycles. The molecule has 0 unspecified atom stereocenters. The zero-order chi connectivity index (χ0) is 11.7. The molecule has 1 heterocycles. The summed E-state index contributed by atoms with van der Waals surface area (Å²) in [6.07, 6.45) is 3.84. The molecule has 0 aliphatic heterocycles. The van der Waals surface area contributed by atoms with Gasteiger partial charge in [-0.15, -0.1) is 0 Å². The summed E-state index contributed by atoms with van der Waals surface area (Å²) in [6.45, 7) is 5.37. The normalized spacial score (nSPS) is 10.2. The molecule has 0 spiro atoms. The maximum absolute atomic E-state index is 10.6. The number of carbonyl (C=O) groups is 1. The molecule has 0 atom stereocenters. The fourth-order valence-corrected chi connectivity index (χ4v) is 0.954. The van der Waals surface area contributed by atoms with Gasteiger partial charge in [-0.3, -0.25) is 9.78 Å². The lowest BCUT2D eigenvalue weighted by Gasteiger charge is -1.98. The van der Waals surface area contributed by atoms with Crippen LogP contribution in [-0.4, -0.2) is 16.7 Å². The topological polar surface area (TPSA) is 68.3 Å². The Balaban J connectivity index is 0.000000921. The second-order valence-electron chi connectivity index (χ2n) is 2.66. The molecule has 0 saturated carbocycles. The van der Waals surface area contributed by atoms with Crippen LogP contribution in [0.1, 0.15) is 26.3 Å². The molecule has 0 radical (unpaired) electrons. The lowest BCUT2D eigenvalue weighted by Crippen LogP contribution is -2.16. The van der Waals surface area contributed by atoms with Gasteiger partial charge in [0.25, 0.3) is 0 Å². The van der Waals surface area contributed by atoms with Gasteiger partial charge in [-0.05, 0) is 11.6 Å². The fourth-order valence-electron chi connectivity index (χ4n) is 0.954. The molecular formula is C11H17N3O. The summed E-state index contributed by atoms with van der Waals surface area (Å²) in [5, 5.41) is 0. The van der Waals surface area contributed by atoms with Crippen molar-refractivity contribution in [2.75, 3.05) is 0 Å². The second-order valence-corrected chi connectivity index (χ2v) is 2.66. The molecule has 1 aromatic rings. The summed E-state index contributed by atoms with van der Waals surface area (Å²) in [4.78, 5) is 18.1. The third kappa shape index (κ3) is 6.37. The molecular weight excluding hydrogens is 190 g/mol. The minimum Gasteiger partial charge on any atom is -0.387 e. The zero-order valence-electron chi connectivity index (χ0n) is 9.40. The van der Waals surface area contributed by atoms with E-state index in [1.54, 1.807) is 12.4 Å². The molecule has 82 valence electrons. The zero-order valence-corrected chi connectivity index (χ0v) is 9.40. The van der Waals surface area contributed by atoms with Gasteiger partial charge in [0.2, 0.25) is 5.91 Å². The summed E-state index contributed by atoms with van der Waals surface area (Å²) >= 11 is 0. The van der Waals surface area contributed by atoms with Gasteiger partial charge < -0.3 is 5.73 Å². The van der Waals surface area contributed by atoms with Crippen LogP contribution in [0.2, 0.25) is 0 Å². The van der Waals surface area contributed by atoms with Crippen LogP contribution in [0.3, 0.4) is 0 Å². The first-order valence-corrected chi connectivity index (χ1v) is 4.91. The first-order valence-electron chi connectivity index (χ1n) is 4.91. The monoisotopic (exact) mass is 207 g/mol.